The molecule has 0 spiro atoms. The molecule has 5 nitrogen and oxygen atoms in total. The molecule has 0 saturated heterocycles. The second-order valence-corrected chi connectivity index (χ2v) is 4.84. The largest absolute Gasteiger partial charge is 0.480 e. The monoisotopic (exact) mass is 269 g/mol. The summed E-state index contributed by atoms with van der Waals surface area (Å²) >= 11 is 0. The van der Waals surface area contributed by atoms with Crippen LogP contribution >= 0.6 is 0 Å². The highest BCUT2D eigenvalue weighted by Crippen LogP contribution is 2.32. The first-order valence-electron chi connectivity index (χ1n) is 6.38. The van der Waals surface area contributed by atoms with Crippen molar-refractivity contribution < 1.29 is 9.53 Å². The van der Waals surface area contributed by atoms with Gasteiger partial charge in [0.25, 0.3) is 5.91 Å². The number of rotatable bonds is 2. The third-order valence-electron chi connectivity index (χ3n) is 3.22. The molecular formula is C15H15N3O2. The number of carbonyl (C=O) groups excluding carboxylic acids is 1. The fourth-order valence-electron chi connectivity index (χ4n) is 2.14. The normalized spacial score (nSPS) is 13.8. The van der Waals surface area contributed by atoms with Gasteiger partial charge in [-0.25, -0.2) is 4.98 Å². The van der Waals surface area contributed by atoms with Crippen LogP contribution in [0.15, 0.2) is 36.5 Å². The molecule has 0 bridgehead atoms. The molecule has 20 heavy (non-hydrogen) atoms. The lowest BCUT2D eigenvalue weighted by Gasteiger charge is -2.28. The van der Waals surface area contributed by atoms with Crippen LogP contribution in [0.4, 0.5) is 11.5 Å². The summed E-state index contributed by atoms with van der Waals surface area (Å²) in [7, 11) is 0. The average Bonchev–Trinajstić information content (AvgIpc) is 2.44. The summed E-state index contributed by atoms with van der Waals surface area (Å²) in [5.74, 6) is 0.975. The van der Waals surface area contributed by atoms with Gasteiger partial charge in [0.2, 0.25) is 0 Å². The predicted molar refractivity (Wildman–Crippen MR) is 76.5 cm³/mol. The first-order valence-corrected chi connectivity index (χ1v) is 6.38. The second-order valence-electron chi connectivity index (χ2n) is 4.84. The van der Waals surface area contributed by atoms with Crippen molar-refractivity contribution >= 4 is 17.4 Å². The van der Waals surface area contributed by atoms with E-state index >= 15 is 0 Å². The fourth-order valence-corrected chi connectivity index (χ4v) is 2.14. The lowest BCUT2D eigenvalue weighted by Crippen LogP contribution is -2.38. The summed E-state index contributed by atoms with van der Waals surface area (Å²) in [5.41, 5.74) is 8.45. The molecule has 5 heteroatoms. The zero-order valence-corrected chi connectivity index (χ0v) is 11.2. The maximum atomic E-state index is 12.0. The van der Waals surface area contributed by atoms with E-state index in [9.17, 15) is 4.79 Å². The summed E-state index contributed by atoms with van der Waals surface area (Å²) in [6, 6.07) is 9.76. The van der Waals surface area contributed by atoms with Gasteiger partial charge in [-0.15, -0.1) is 0 Å². The van der Waals surface area contributed by atoms with Gasteiger partial charge in [0, 0.05) is 6.07 Å². The van der Waals surface area contributed by atoms with Gasteiger partial charge >= 0.3 is 0 Å². The van der Waals surface area contributed by atoms with Gasteiger partial charge in [-0.2, -0.15) is 0 Å². The molecule has 0 saturated carbocycles. The number of ether oxygens (including phenoxy) is 1. The minimum absolute atomic E-state index is 0.0179. The first-order chi connectivity index (χ1) is 9.63. The van der Waals surface area contributed by atoms with E-state index in [2.05, 4.69) is 4.98 Å². The maximum Gasteiger partial charge on any atom is 0.266 e. The summed E-state index contributed by atoms with van der Waals surface area (Å²) in [4.78, 5) is 17.9. The number of carbonyl (C=O) groups is 1. The zero-order chi connectivity index (χ0) is 14.1. The lowest BCUT2D eigenvalue weighted by molar-refractivity contribution is -0.121. The standard InChI is InChI=1S/C15H15N3O2/c1-10-2-4-11(5-3-10)8-18-14(19)9-20-13-6-12(16)7-17-15(13)18/h2-7H,8-9,16H2,1H3. The third kappa shape index (κ3) is 2.30. The number of nitrogens with two attached hydrogens (primary N) is 1. The van der Waals surface area contributed by atoms with E-state index in [1.54, 1.807) is 11.0 Å². The summed E-state index contributed by atoms with van der Waals surface area (Å²) in [6.07, 6.45) is 1.53. The highest BCUT2D eigenvalue weighted by Gasteiger charge is 2.27. The number of nitrogens with zero attached hydrogens (tertiary/aromatic N) is 2. The molecule has 2 aromatic rings. The highest BCUT2D eigenvalue weighted by atomic mass is 16.5. The van der Waals surface area contributed by atoms with Gasteiger partial charge in [0.1, 0.15) is 0 Å². The quantitative estimate of drug-likeness (QED) is 0.904. The van der Waals surface area contributed by atoms with Crippen LogP contribution in [0.1, 0.15) is 11.1 Å². The van der Waals surface area contributed by atoms with Crippen LogP contribution in [-0.4, -0.2) is 17.5 Å². The van der Waals surface area contributed by atoms with E-state index in [0.29, 0.717) is 23.8 Å². The highest BCUT2D eigenvalue weighted by molar-refractivity contribution is 5.96. The number of hydrogen-bond acceptors (Lipinski definition) is 4. The van der Waals surface area contributed by atoms with Crippen molar-refractivity contribution in [3.8, 4) is 5.75 Å². The van der Waals surface area contributed by atoms with Gasteiger partial charge < -0.3 is 10.5 Å². The molecule has 0 fully saturated rings. The molecule has 0 atom stereocenters. The van der Waals surface area contributed by atoms with Crippen molar-refractivity contribution in [2.24, 2.45) is 0 Å². The Morgan fingerprint density at radius 3 is 2.85 bits per heavy atom. The molecular weight excluding hydrogens is 254 g/mol. The minimum Gasteiger partial charge on any atom is -0.480 e. The van der Waals surface area contributed by atoms with E-state index in [0.717, 1.165) is 5.56 Å². The van der Waals surface area contributed by atoms with Crippen LogP contribution in [0.3, 0.4) is 0 Å². The van der Waals surface area contributed by atoms with Gasteiger partial charge in [-0.1, -0.05) is 29.8 Å². The number of aryl methyl sites for hydroxylation is 1. The molecule has 102 valence electrons. The Morgan fingerprint density at radius 1 is 1.35 bits per heavy atom. The van der Waals surface area contributed by atoms with Crippen molar-refractivity contribution in [1.82, 2.24) is 4.98 Å². The Morgan fingerprint density at radius 2 is 2.10 bits per heavy atom. The molecule has 0 unspecified atom stereocenters. The number of aromatic nitrogens is 1. The van der Waals surface area contributed by atoms with Crippen molar-refractivity contribution in [2.75, 3.05) is 17.2 Å². The lowest BCUT2D eigenvalue weighted by atomic mass is 10.1. The number of hydrogen-bond donors (Lipinski definition) is 1. The van der Waals surface area contributed by atoms with E-state index in [1.807, 2.05) is 31.2 Å². The number of fused-ring (bicyclic) bond motifs is 1. The van der Waals surface area contributed by atoms with Crippen LogP contribution in [0, 0.1) is 6.92 Å². The molecule has 1 amide bonds. The van der Waals surface area contributed by atoms with Crippen molar-refractivity contribution in [3.63, 3.8) is 0 Å². The van der Waals surface area contributed by atoms with E-state index in [-0.39, 0.29) is 12.5 Å². The molecule has 1 aromatic heterocycles. The number of benzene rings is 1. The van der Waals surface area contributed by atoms with Crippen LogP contribution < -0.4 is 15.4 Å². The van der Waals surface area contributed by atoms with Gasteiger partial charge in [0.15, 0.2) is 18.2 Å². The number of pyridine rings is 1. The molecule has 3 rings (SSSR count). The predicted octanol–water partition coefficient (Wildman–Crippen LogP) is 1.90. The van der Waals surface area contributed by atoms with Crippen LogP contribution in [-0.2, 0) is 11.3 Å². The SMILES string of the molecule is Cc1ccc(CN2C(=O)COc3cc(N)cnc32)cc1. The van der Waals surface area contributed by atoms with Crippen molar-refractivity contribution in [2.45, 2.75) is 13.5 Å². The van der Waals surface area contributed by atoms with E-state index in [1.165, 1.54) is 11.8 Å². The first kappa shape index (κ1) is 12.5. The molecule has 1 aliphatic heterocycles. The molecule has 0 aliphatic carbocycles. The molecule has 1 aromatic carbocycles. The third-order valence-corrected chi connectivity index (χ3v) is 3.22. The maximum absolute atomic E-state index is 12.0. The van der Waals surface area contributed by atoms with Gasteiger partial charge in [-0.3, -0.25) is 9.69 Å². The second kappa shape index (κ2) is 4.85. The van der Waals surface area contributed by atoms with Gasteiger partial charge in [0.05, 0.1) is 18.4 Å². The minimum atomic E-state index is -0.102. The van der Waals surface area contributed by atoms with E-state index < -0.39 is 0 Å². The van der Waals surface area contributed by atoms with Gasteiger partial charge in [-0.05, 0) is 12.5 Å². The topological polar surface area (TPSA) is 68.5 Å². The van der Waals surface area contributed by atoms with E-state index in [4.69, 9.17) is 10.5 Å². The fraction of sp³-hybridized carbons (Fsp3) is 0.200. The van der Waals surface area contributed by atoms with Crippen LogP contribution in [0.25, 0.3) is 0 Å². The Labute approximate surface area is 117 Å². The average molecular weight is 269 g/mol. The Hall–Kier alpha value is -2.56. The summed E-state index contributed by atoms with van der Waals surface area (Å²) < 4.78 is 5.37. The molecule has 2 heterocycles. The molecule has 0 radical (unpaired) electrons. The number of amides is 1. The van der Waals surface area contributed by atoms with Crippen LogP contribution in [0.5, 0.6) is 5.75 Å². The Kier molecular flexibility index (Phi) is 3.02. The molecule has 1 aliphatic rings. The van der Waals surface area contributed by atoms with Crippen LogP contribution in [0.2, 0.25) is 0 Å². The smallest absolute Gasteiger partial charge is 0.266 e. The number of anilines is 2. The Bertz CT molecular complexity index is 653. The summed E-state index contributed by atoms with van der Waals surface area (Å²) in [5, 5.41) is 0. The Balaban J connectivity index is 1.93. The molecule has 2 N–H and O–H groups in total. The summed E-state index contributed by atoms with van der Waals surface area (Å²) in [6.45, 7) is 2.53. The zero-order valence-electron chi connectivity index (χ0n) is 11.2. The number of nitrogen functional groups attached to an aromatic ring is 1. The van der Waals surface area contributed by atoms with Crippen molar-refractivity contribution in [1.29, 1.82) is 0 Å². The van der Waals surface area contributed by atoms with Crippen molar-refractivity contribution in [3.05, 3.63) is 47.7 Å².